The molecule has 0 saturated heterocycles. The summed E-state index contributed by atoms with van der Waals surface area (Å²) in [7, 11) is 1.98. The van der Waals surface area contributed by atoms with Crippen LogP contribution in [0.25, 0.3) is 11.4 Å². The molecule has 2 N–H and O–H groups in total. The van der Waals surface area contributed by atoms with Crippen molar-refractivity contribution in [3.8, 4) is 11.4 Å². The Bertz CT molecular complexity index is 876. The van der Waals surface area contributed by atoms with Crippen LogP contribution in [0.2, 0.25) is 0 Å². The first-order valence-corrected chi connectivity index (χ1v) is 8.71. The largest absolute Gasteiger partial charge is 0.359 e. The van der Waals surface area contributed by atoms with Crippen molar-refractivity contribution >= 4 is 17.5 Å². The van der Waals surface area contributed by atoms with Crippen molar-refractivity contribution < 1.29 is 4.39 Å². The standard InChI is InChI=1S/C19H23FN6/c1-4-5-10-26(3)18-12-16(21-17-11-13(2)24-25-17)22-19(23-18)14-8-6-7-9-15(14)20/h6-9,11-12H,4-5,10H2,1-3H3,(H2,21,22,23,24,25). The second-order valence-electron chi connectivity index (χ2n) is 6.25. The fourth-order valence-electron chi connectivity index (χ4n) is 2.58. The lowest BCUT2D eigenvalue weighted by atomic mass is 10.2. The Morgan fingerprint density at radius 2 is 1.96 bits per heavy atom. The Kier molecular flexibility index (Phi) is 5.46. The number of hydrogen-bond acceptors (Lipinski definition) is 5. The Morgan fingerprint density at radius 1 is 1.15 bits per heavy atom. The third-order valence-electron chi connectivity index (χ3n) is 4.03. The molecule has 0 bridgehead atoms. The molecule has 136 valence electrons. The van der Waals surface area contributed by atoms with Crippen molar-refractivity contribution in [3.63, 3.8) is 0 Å². The number of aromatic nitrogens is 4. The van der Waals surface area contributed by atoms with Gasteiger partial charge in [0, 0.05) is 31.4 Å². The average Bonchev–Trinajstić information content (AvgIpc) is 3.04. The number of nitrogens with zero attached hydrogens (tertiary/aromatic N) is 4. The SMILES string of the molecule is CCCCN(C)c1cc(Nc2cc(C)[nH]n2)nc(-c2ccccc2F)n1. The Labute approximate surface area is 152 Å². The zero-order valence-electron chi connectivity index (χ0n) is 15.3. The average molecular weight is 354 g/mol. The summed E-state index contributed by atoms with van der Waals surface area (Å²) in [6.07, 6.45) is 2.14. The van der Waals surface area contributed by atoms with Crippen LogP contribution in [0.1, 0.15) is 25.5 Å². The van der Waals surface area contributed by atoms with Gasteiger partial charge in [-0.15, -0.1) is 0 Å². The second kappa shape index (κ2) is 7.95. The van der Waals surface area contributed by atoms with E-state index in [4.69, 9.17) is 0 Å². The lowest BCUT2D eigenvalue weighted by Crippen LogP contribution is -2.20. The molecule has 0 aliphatic rings. The van der Waals surface area contributed by atoms with Gasteiger partial charge in [-0.2, -0.15) is 5.10 Å². The molecule has 26 heavy (non-hydrogen) atoms. The van der Waals surface area contributed by atoms with E-state index in [2.05, 4.69) is 37.3 Å². The van der Waals surface area contributed by atoms with Gasteiger partial charge in [-0.25, -0.2) is 14.4 Å². The molecule has 7 heteroatoms. The number of nitrogens with one attached hydrogen (secondary N) is 2. The van der Waals surface area contributed by atoms with Crippen LogP contribution >= 0.6 is 0 Å². The number of hydrogen-bond donors (Lipinski definition) is 2. The number of halogens is 1. The molecule has 0 unspecified atom stereocenters. The molecule has 2 aromatic heterocycles. The van der Waals surface area contributed by atoms with Crippen LogP contribution in [-0.2, 0) is 0 Å². The van der Waals surface area contributed by atoms with Gasteiger partial charge in [-0.1, -0.05) is 25.5 Å². The topological polar surface area (TPSA) is 69.7 Å². The third kappa shape index (κ3) is 4.17. The Hall–Kier alpha value is -2.96. The number of aromatic amines is 1. The van der Waals surface area contributed by atoms with E-state index in [-0.39, 0.29) is 5.82 Å². The van der Waals surface area contributed by atoms with Crippen LogP contribution < -0.4 is 10.2 Å². The van der Waals surface area contributed by atoms with Crippen LogP contribution in [0.5, 0.6) is 0 Å². The van der Waals surface area contributed by atoms with Gasteiger partial charge in [0.25, 0.3) is 0 Å². The Balaban J connectivity index is 2.00. The molecule has 3 aromatic rings. The molecular weight excluding hydrogens is 331 g/mol. The van der Waals surface area contributed by atoms with Crippen LogP contribution in [0.4, 0.5) is 21.8 Å². The zero-order valence-corrected chi connectivity index (χ0v) is 15.3. The van der Waals surface area contributed by atoms with Crippen molar-refractivity contribution in [2.45, 2.75) is 26.7 Å². The van der Waals surface area contributed by atoms with Crippen LogP contribution in [0.15, 0.2) is 36.4 Å². The number of aryl methyl sites for hydroxylation is 1. The summed E-state index contributed by atoms with van der Waals surface area (Å²) in [5, 5.41) is 10.2. The quantitative estimate of drug-likeness (QED) is 0.662. The Morgan fingerprint density at radius 3 is 2.65 bits per heavy atom. The minimum atomic E-state index is -0.345. The molecule has 0 radical (unpaired) electrons. The van der Waals surface area contributed by atoms with E-state index in [9.17, 15) is 4.39 Å². The molecule has 0 saturated carbocycles. The highest BCUT2D eigenvalue weighted by molar-refractivity contribution is 5.64. The van der Waals surface area contributed by atoms with Gasteiger partial charge in [0.05, 0.1) is 5.56 Å². The van der Waals surface area contributed by atoms with Crippen molar-refractivity contribution in [1.29, 1.82) is 0 Å². The fourth-order valence-corrected chi connectivity index (χ4v) is 2.58. The van der Waals surface area contributed by atoms with Gasteiger partial charge < -0.3 is 10.2 Å². The monoisotopic (exact) mass is 354 g/mol. The summed E-state index contributed by atoms with van der Waals surface area (Å²) in [6.45, 7) is 4.93. The van der Waals surface area contributed by atoms with Crippen molar-refractivity contribution in [1.82, 2.24) is 20.2 Å². The lowest BCUT2D eigenvalue weighted by Gasteiger charge is -2.19. The summed E-state index contributed by atoms with van der Waals surface area (Å²) >= 11 is 0. The number of anilines is 3. The summed E-state index contributed by atoms with van der Waals surface area (Å²) in [5.41, 5.74) is 1.32. The van der Waals surface area contributed by atoms with Gasteiger partial charge in [0.1, 0.15) is 17.5 Å². The van der Waals surface area contributed by atoms with Crippen molar-refractivity contribution in [2.24, 2.45) is 0 Å². The van der Waals surface area contributed by atoms with E-state index in [1.54, 1.807) is 18.2 Å². The zero-order chi connectivity index (χ0) is 18.5. The molecular formula is C19H23FN6. The van der Waals surface area contributed by atoms with Gasteiger partial charge in [-0.05, 0) is 25.5 Å². The predicted octanol–water partition coefficient (Wildman–Crippen LogP) is 4.29. The first kappa shape index (κ1) is 17.8. The smallest absolute Gasteiger partial charge is 0.166 e. The van der Waals surface area contributed by atoms with Crippen LogP contribution in [0.3, 0.4) is 0 Å². The normalized spacial score (nSPS) is 10.8. The van der Waals surface area contributed by atoms with E-state index >= 15 is 0 Å². The van der Waals surface area contributed by atoms with Gasteiger partial charge >= 0.3 is 0 Å². The molecule has 1 aromatic carbocycles. The number of unbranched alkanes of at least 4 members (excludes halogenated alkanes) is 1. The molecule has 2 heterocycles. The molecule has 0 fully saturated rings. The van der Waals surface area contributed by atoms with Crippen LogP contribution in [0, 0.1) is 12.7 Å². The minimum Gasteiger partial charge on any atom is -0.359 e. The summed E-state index contributed by atoms with van der Waals surface area (Å²) < 4.78 is 14.2. The van der Waals surface area contributed by atoms with E-state index in [0.29, 0.717) is 23.0 Å². The van der Waals surface area contributed by atoms with E-state index < -0.39 is 0 Å². The van der Waals surface area contributed by atoms with Gasteiger partial charge in [0.15, 0.2) is 11.6 Å². The van der Waals surface area contributed by atoms with Gasteiger partial charge in [-0.3, -0.25) is 5.10 Å². The molecule has 0 aliphatic carbocycles. The van der Waals surface area contributed by atoms with Crippen LogP contribution in [-0.4, -0.2) is 33.8 Å². The van der Waals surface area contributed by atoms with Gasteiger partial charge in [0.2, 0.25) is 0 Å². The maximum absolute atomic E-state index is 14.2. The lowest BCUT2D eigenvalue weighted by molar-refractivity contribution is 0.630. The van der Waals surface area contributed by atoms with Crippen molar-refractivity contribution in [3.05, 3.63) is 47.9 Å². The summed E-state index contributed by atoms with van der Waals surface area (Å²) in [4.78, 5) is 11.1. The molecule has 0 aliphatic heterocycles. The number of rotatable bonds is 7. The maximum atomic E-state index is 14.2. The second-order valence-corrected chi connectivity index (χ2v) is 6.25. The molecule has 0 atom stereocenters. The molecule has 0 spiro atoms. The first-order chi connectivity index (χ1) is 12.6. The highest BCUT2D eigenvalue weighted by Gasteiger charge is 2.13. The summed E-state index contributed by atoms with van der Waals surface area (Å²) in [6, 6.07) is 10.3. The maximum Gasteiger partial charge on any atom is 0.166 e. The predicted molar refractivity (Wildman–Crippen MR) is 102 cm³/mol. The van der Waals surface area contributed by atoms with E-state index in [1.807, 2.05) is 26.1 Å². The van der Waals surface area contributed by atoms with Crippen molar-refractivity contribution in [2.75, 3.05) is 23.8 Å². The van der Waals surface area contributed by atoms with E-state index in [0.717, 1.165) is 30.9 Å². The highest BCUT2D eigenvalue weighted by Crippen LogP contribution is 2.25. The molecule has 3 rings (SSSR count). The first-order valence-electron chi connectivity index (χ1n) is 8.71. The van der Waals surface area contributed by atoms with E-state index in [1.165, 1.54) is 6.07 Å². The minimum absolute atomic E-state index is 0.345. The number of benzene rings is 1. The molecule has 6 nitrogen and oxygen atoms in total. The third-order valence-corrected chi connectivity index (χ3v) is 4.03. The molecule has 0 amide bonds. The number of H-pyrrole nitrogens is 1. The summed E-state index contributed by atoms with van der Waals surface area (Å²) in [5.74, 6) is 1.97. The fraction of sp³-hybridized carbons (Fsp3) is 0.316. The highest BCUT2D eigenvalue weighted by atomic mass is 19.1.